The van der Waals surface area contributed by atoms with Gasteiger partial charge in [-0.1, -0.05) is 26.0 Å². The number of piperidine rings is 3. The standard InChI is InChI=1S/C25H32N4O3.C23H25N3O3.C22H20FN5O.C21H20FN5O.C21H21N5O/c1-5-10-26-19-8-11-28(12-9-19)20-13-17(2)25-27-21(15-24(30)29(25)16-20)18-6-7-22(31-3)23(14-18)32-4;1-4-15-11-18(16-7-9-24-10-8-16)14-26-22(27)13-19(25-23(15)26)17-5-6-20(28-2)21(12-17)29-3;1-14-11-27-12-17(9-18(23)22(27)24-14)16-3-4-20-25-19(10-21(29)28(20)13-16)15-5-7-26(2)8-6-15;1-13-10-26-11-16(8-17(22)21(26)24-13)15-2-3-19-25-18(9-20(28)27(19)12-15)14-4-6-23-7-5-14;1-14-11-25-12-16(2-4-19(25)23-14)17-3-5-20-24-18(10-21(27)26(20)13-17)15-6-8-22-9-7-15/h6-7,13-16,19,26H,5,8-12H2,1-4H3;5-7,11-14,24H,4,8-10H2,1-3H3;3-5,9-13H,6-8H2,1-2H3;2-3,8-12,14,23H,4-7H2,1H3;2-5,10-13,15,22H,6-9H2,1H3. The maximum Gasteiger partial charge on any atom is 0.258 e. The third-order valence-corrected chi connectivity index (χ3v) is 27.6. The molecule has 0 saturated carbocycles. The van der Waals surface area contributed by atoms with Crippen LogP contribution >= 0.6 is 0 Å². The van der Waals surface area contributed by atoms with Crippen molar-refractivity contribution in [3.8, 4) is 78.9 Å². The number of likely N-dealkylation sites (N-methyl/N-ethyl adjacent to an activating group) is 1. The fourth-order valence-electron chi connectivity index (χ4n) is 19.7. The lowest BCUT2D eigenvalue weighted by Crippen LogP contribution is -2.43. The molecule has 18 aromatic rings. The predicted molar refractivity (Wildman–Crippen MR) is 564 cm³/mol. The summed E-state index contributed by atoms with van der Waals surface area (Å²) < 4.78 is 63.7. The fraction of sp³-hybridized carbons (Fsp3) is 0.312. The van der Waals surface area contributed by atoms with Crippen LogP contribution < -0.4 is 72.9 Å². The lowest BCUT2D eigenvalue weighted by Gasteiger charge is -2.34. The SMILES string of the molecule is CCCNC1CCN(c2cc(C)c3nc(-c4ccc(OC)c(OC)c4)cc(=O)n3c2)CC1.CCc1cc(C2=CCNCC2)cn2c(=O)cc(-c3ccc(OC)c(OC)c3)nc12.Cc1cn2cc(-c3ccc4nc(C5=CCN(C)CC5)cc(=O)n4c3)cc(F)c2n1.Cc1cn2cc(-c3ccc4nc(C5CCNCC5)cc(=O)n4c3)cc(F)c2n1.Cc1cn2cc(-c3ccc4nc(C5CCNCC5)cc(=O)n4c3)ccc2n1. The topological polar surface area (TPSA) is 315 Å². The molecule has 16 aromatic heterocycles. The van der Waals surface area contributed by atoms with E-state index in [1.807, 2.05) is 154 Å². The zero-order chi connectivity index (χ0) is 101. The van der Waals surface area contributed by atoms with Gasteiger partial charge in [0.05, 0.1) is 79.7 Å². The van der Waals surface area contributed by atoms with E-state index in [1.54, 1.807) is 112 Å². The molecular weight excluding hydrogens is 1840 g/mol. The highest BCUT2D eigenvalue weighted by molar-refractivity contribution is 5.75. The summed E-state index contributed by atoms with van der Waals surface area (Å²) in [6.45, 7) is 22.5. The van der Waals surface area contributed by atoms with E-state index in [4.69, 9.17) is 38.9 Å². The number of rotatable bonds is 18. The van der Waals surface area contributed by atoms with Crippen LogP contribution in [0.5, 0.6) is 23.0 Å². The van der Waals surface area contributed by atoms with Crippen molar-refractivity contribution < 1.29 is 27.7 Å². The van der Waals surface area contributed by atoms with Crippen molar-refractivity contribution >= 4 is 62.0 Å². The number of nitrogens with zero attached hydrogens (tertiary/aromatic N) is 18. The molecule has 3 fully saturated rings. The number of benzene rings is 2. The van der Waals surface area contributed by atoms with E-state index < -0.39 is 11.6 Å². The van der Waals surface area contributed by atoms with Gasteiger partial charge in [0.25, 0.3) is 27.8 Å². The van der Waals surface area contributed by atoms with Gasteiger partial charge in [0.2, 0.25) is 0 Å². The summed E-state index contributed by atoms with van der Waals surface area (Å²) in [6.07, 6.45) is 34.8. The average molecular weight is 1950 g/mol. The first kappa shape index (κ1) is 98.2. The summed E-state index contributed by atoms with van der Waals surface area (Å²) in [5, 5.41) is 13.6. The molecule has 5 aliphatic heterocycles. The number of halogens is 2. The molecule has 33 heteroatoms. The number of aromatic nitrogens is 16. The van der Waals surface area contributed by atoms with E-state index in [2.05, 4.69) is 96.2 Å². The Morgan fingerprint density at radius 2 is 0.841 bits per heavy atom. The van der Waals surface area contributed by atoms with Gasteiger partial charge >= 0.3 is 0 Å². The molecule has 5 aliphatic rings. The molecular formula is C112H118F2N22O9. The van der Waals surface area contributed by atoms with Gasteiger partial charge in [-0.3, -0.25) is 46.0 Å². The molecule has 2 aromatic carbocycles. The smallest absolute Gasteiger partial charge is 0.258 e. The number of pyridine rings is 8. The van der Waals surface area contributed by atoms with Crippen molar-refractivity contribution in [2.45, 2.75) is 124 Å². The van der Waals surface area contributed by atoms with E-state index in [0.29, 0.717) is 103 Å². The first-order valence-corrected chi connectivity index (χ1v) is 49.5. The fourth-order valence-corrected chi connectivity index (χ4v) is 19.7. The van der Waals surface area contributed by atoms with Crippen LogP contribution in [0.15, 0.2) is 244 Å². The Morgan fingerprint density at radius 1 is 0.379 bits per heavy atom. The lowest BCUT2D eigenvalue weighted by atomic mass is 9.94. The largest absolute Gasteiger partial charge is 0.493 e. The molecule has 145 heavy (non-hydrogen) atoms. The Kier molecular flexibility index (Phi) is 29.4. The van der Waals surface area contributed by atoms with Gasteiger partial charge in [-0.2, -0.15) is 0 Å². The summed E-state index contributed by atoms with van der Waals surface area (Å²) in [6, 6.07) is 42.3. The molecule has 0 aliphatic carbocycles. The van der Waals surface area contributed by atoms with Crippen molar-refractivity contribution in [3.63, 3.8) is 0 Å². The number of aryl methyl sites for hydroxylation is 5. The Morgan fingerprint density at radius 3 is 1.35 bits per heavy atom. The van der Waals surface area contributed by atoms with Crippen molar-refractivity contribution in [2.24, 2.45) is 0 Å². The van der Waals surface area contributed by atoms with Crippen LogP contribution in [0.2, 0.25) is 0 Å². The predicted octanol–water partition coefficient (Wildman–Crippen LogP) is 15.9. The molecule has 0 spiro atoms. The van der Waals surface area contributed by atoms with E-state index in [-0.39, 0.29) is 27.8 Å². The van der Waals surface area contributed by atoms with E-state index >= 15 is 0 Å². The molecule has 0 amide bonds. The van der Waals surface area contributed by atoms with E-state index in [1.165, 1.54) is 26.5 Å². The maximum absolute atomic E-state index is 14.5. The number of hydrogen-bond acceptors (Lipinski definition) is 23. The molecule has 744 valence electrons. The minimum absolute atomic E-state index is 0.0186. The Labute approximate surface area is 835 Å². The maximum atomic E-state index is 14.5. The number of ether oxygens (including phenoxy) is 4. The molecule has 0 atom stereocenters. The number of nitrogens with one attached hydrogen (secondary N) is 4. The van der Waals surface area contributed by atoms with Crippen molar-refractivity contribution in [1.82, 2.24) is 101 Å². The van der Waals surface area contributed by atoms with Crippen LogP contribution in [0.4, 0.5) is 14.5 Å². The average Bonchev–Trinajstić information content (AvgIpc) is 1.10. The number of imidazole rings is 3. The second-order valence-electron chi connectivity index (χ2n) is 37.6. The van der Waals surface area contributed by atoms with Gasteiger partial charge in [-0.25, -0.2) is 48.7 Å². The van der Waals surface area contributed by atoms with Crippen molar-refractivity contribution in [2.75, 3.05) is 112 Å². The first-order valence-electron chi connectivity index (χ1n) is 49.5. The highest BCUT2D eigenvalue weighted by atomic mass is 19.1. The van der Waals surface area contributed by atoms with E-state index in [0.717, 1.165) is 237 Å². The third-order valence-electron chi connectivity index (χ3n) is 27.6. The number of fused-ring (bicyclic) bond motifs is 8. The molecule has 23 rings (SSSR count). The summed E-state index contributed by atoms with van der Waals surface area (Å²) in [5.74, 6) is 2.40. The Bertz CT molecular complexity index is 8340. The second kappa shape index (κ2) is 43.3. The van der Waals surface area contributed by atoms with Gasteiger partial charge in [-0.15, -0.1) is 0 Å². The number of methoxy groups -OCH3 is 4. The summed E-state index contributed by atoms with van der Waals surface area (Å²) in [4.78, 5) is 105. The minimum atomic E-state index is -0.397. The van der Waals surface area contributed by atoms with Crippen LogP contribution in [-0.4, -0.2) is 193 Å². The second-order valence-corrected chi connectivity index (χ2v) is 37.6. The highest BCUT2D eigenvalue weighted by Crippen LogP contribution is 2.37. The molecule has 31 nitrogen and oxygen atoms in total. The third kappa shape index (κ3) is 21.6. The van der Waals surface area contributed by atoms with Gasteiger partial charge in [0.15, 0.2) is 45.9 Å². The number of anilines is 1. The zero-order valence-corrected chi connectivity index (χ0v) is 83.3. The quantitative estimate of drug-likeness (QED) is 0.0620. The molecule has 3 saturated heterocycles. The number of hydrogen-bond donors (Lipinski definition) is 4. The zero-order valence-electron chi connectivity index (χ0n) is 83.3. The Balaban J connectivity index is 0.000000115. The van der Waals surface area contributed by atoms with E-state index in [9.17, 15) is 32.8 Å². The van der Waals surface area contributed by atoms with Crippen molar-refractivity contribution in [1.29, 1.82) is 0 Å². The molecule has 0 radical (unpaired) electrons. The lowest BCUT2D eigenvalue weighted by molar-refractivity contribution is 0.355. The first-order chi connectivity index (χ1) is 70.4. The molecule has 0 bridgehead atoms. The minimum Gasteiger partial charge on any atom is -0.493 e. The normalized spacial score (nSPS) is 15.0. The molecule has 4 N–H and O–H groups in total. The summed E-state index contributed by atoms with van der Waals surface area (Å²) in [5.41, 5.74) is 23.6. The van der Waals surface area contributed by atoms with Gasteiger partial charge in [0, 0.05) is 188 Å². The van der Waals surface area contributed by atoms with Crippen LogP contribution in [0, 0.1) is 39.3 Å². The molecule has 21 heterocycles. The van der Waals surface area contributed by atoms with Crippen LogP contribution in [0.25, 0.3) is 112 Å². The van der Waals surface area contributed by atoms with Gasteiger partial charge in [-0.05, 0) is 281 Å². The monoisotopic (exact) mass is 1950 g/mol. The molecule has 0 unspecified atom stereocenters. The highest BCUT2D eigenvalue weighted by Gasteiger charge is 2.26. The van der Waals surface area contributed by atoms with Crippen LogP contribution in [-0.2, 0) is 6.42 Å². The van der Waals surface area contributed by atoms with Gasteiger partial charge in [0.1, 0.15) is 33.9 Å². The van der Waals surface area contributed by atoms with Crippen LogP contribution in [0.1, 0.15) is 134 Å². The Hall–Kier alpha value is -15.6. The van der Waals surface area contributed by atoms with Gasteiger partial charge < -0.3 is 63.2 Å². The summed E-state index contributed by atoms with van der Waals surface area (Å²) in [7, 11) is 8.46. The summed E-state index contributed by atoms with van der Waals surface area (Å²) >= 11 is 0. The van der Waals surface area contributed by atoms with Crippen LogP contribution in [0.3, 0.4) is 0 Å². The van der Waals surface area contributed by atoms with Crippen molar-refractivity contribution in [3.05, 3.63) is 334 Å².